The molecule has 18 heteroatoms. The molecule has 1 aromatic carbocycles. The molecule has 9 nitrogen and oxygen atoms in total. The Morgan fingerprint density at radius 3 is 2.10 bits per heavy atom. The molecule has 0 bridgehead atoms. The van der Waals surface area contributed by atoms with Crippen LogP contribution in [0.15, 0.2) is 12.1 Å². The second kappa shape index (κ2) is 15.8. The first-order chi connectivity index (χ1) is 19.3. The predicted octanol–water partition coefficient (Wildman–Crippen LogP) is 8.46. The second-order valence-corrected chi connectivity index (χ2v) is 9.57. The summed E-state index contributed by atoms with van der Waals surface area (Å²) in [5.41, 5.74) is -2.25. The third kappa shape index (κ3) is 11.9. The molecule has 1 aromatic rings. The van der Waals surface area contributed by atoms with Gasteiger partial charge in [0.1, 0.15) is 17.9 Å². The van der Waals surface area contributed by atoms with Gasteiger partial charge in [-0.25, -0.2) is 35.5 Å². The highest BCUT2D eigenvalue weighted by atomic mass is 19.3. The van der Waals surface area contributed by atoms with Gasteiger partial charge >= 0.3 is 18.0 Å². The summed E-state index contributed by atoms with van der Waals surface area (Å²) >= 11 is 0. The van der Waals surface area contributed by atoms with Crippen LogP contribution in [0.1, 0.15) is 64.4 Å². The van der Waals surface area contributed by atoms with Crippen LogP contribution in [0, 0.1) is 26.1 Å². The first-order valence-electron chi connectivity index (χ1n) is 12.6. The van der Waals surface area contributed by atoms with Gasteiger partial charge in [0.05, 0.1) is 16.3 Å². The number of alkyl halides is 9. The number of nitrogens with zero attached hydrogens (tertiary/aromatic N) is 2. The molecule has 0 saturated carbocycles. The maximum absolute atomic E-state index is 14.4. The largest absolute Gasteiger partial charge is 0.518 e. The predicted molar refractivity (Wildman–Crippen MR) is 128 cm³/mol. The Morgan fingerprint density at radius 2 is 1.60 bits per heavy atom. The molecule has 0 aliphatic carbocycles. The summed E-state index contributed by atoms with van der Waals surface area (Å²) in [5.74, 6) is -7.67. The highest BCUT2D eigenvalue weighted by Gasteiger charge is 2.44. The van der Waals surface area contributed by atoms with Crippen LogP contribution >= 0.6 is 0 Å². The summed E-state index contributed by atoms with van der Waals surface area (Å²) in [4.78, 5) is 32.7. The molecule has 0 aromatic heterocycles. The van der Waals surface area contributed by atoms with Gasteiger partial charge in [0.2, 0.25) is 11.7 Å². The van der Waals surface area contributed by atoms with Crippen molar-refractivity contribution in [2.75, 3.05) is 0 Å². The molecule has 42 heavy (non-hydrogen) atoms. The molecule has 4 atom stereocenters. The lowest BCUT2D eigenvalue weighted by atomic mass is 9.88. The molecule has 0 spiro atoms. The third-order valence-corrected chi connectivity index (χ3v) is 5.98. The van der Waals surface area contributed by atoms with Crippen LogP contribution in [-0.2, 0) is 11.2 Å². The molecule has 4 unspecified atom stereocenters. The fourth-order valence-electron chi connectivity index (χ4n) is 4.06. The Bertz CT molecular complexity index is 1080. The number of unbranched alkanes of at least 4 members (excludes halogenated alkanes) is 1. The number of rotatable bonds is 18. The summed E-state index contributed by atoms with van der Waals surface area (Å²) in [5, 5.41) is 22.8. The van der Waals surface area contributed by atoms with E-state index in [2.05, 4.69) is 9.47 Å². The van der Waals surface area contributed by atoms with Crippen molar-refractivity contribution in [3.05, 3.63) is 37.9 Å². The van der Waals surface area contributed by atoms with Crippen LogP contribution in [0.3, 0.4) is 0 Å². The standard InChI is InChI=1S/C24H29F9N2O7/c1-3-4-5-16-17(34(37)38)6-7-18(20(16)35(39)40)41-22(36)42-24(32,33)9-8-23(30,31)12-14(19(27)21(28)29)11-15(26)10-13(2)25/h6-7,13-15,19,21H,3-5,8-12H2,1-2H3. The van der Waals surface area contributed by atoms with Gasteiger partial charge in [0, 0.05) is 31.2 Å². The zero-order chi connectivity index (χ0) is 32.4. The van der Waals surface area contributed by atoms with E-state index in [0.29, 0.717) is 12.5 Å². The smallest absolute Gasteiger partial charge is 0.387 e. The summed E-state index contributed by atoms with van der Waals surface area (Å²) in [6, 6.07) is 1.31. The molecule has 0 radical (unpaired) electrons. The number of carbonyl (C=O) groups excluding carboxylic acids is 1. The SMILES string of the molecule is CCCCc1c([N+](=O)[O-])ccc(OC(=O)OC(F)(F)CCC(F)(F)CC(CC(F)CC(C)F)C(F)C(F)F)c1[N+](=O)[O-]. The number of nitro groups is 2. The molecule has 0 aliphatic heterocycles. The van der Waals surface area contributed by atoms with Gasteiger partial charge in [-0.1, -0.05) is 13.3 Å². The van der Waals surface area contributed by atoms with Crippen LogP contribution in [0.2, 0.25) is 0 Å². The van der Waals surface area contributed by atoms with Gasteiger partial charge in [-0.3, -0.25) is 20.2 Å². The molecule has 0 fully saturated rings. The number of ether oxygens (including phenoxy) is 2. The number of nitro benzene ring substituents is 2. The maximum atomic E-state index is 14.4. The molecular weight excluding hydrogens is 599 g/mol. The summed E-state index contributed by atoms with van der Waals surface area (Å²) in [7, 11) is 0. The Balaban J connectivity index is 3.01. The second-order valence-electron chi connectivity index (χ2n) is 9.57. The highest BCUT2D eigenvalue weighted by Crippen LogP contribution is 2.40. The number of carbonyl (C=O) groups is 1. The molecule has 0 saturated heterocycles. The van der Waals surface area contributed by atoms with E-state index in [1.807, 2.05) is 0 Å². The van der Waals surface area contributed by atoms with Crippen molar-refractivity contribution in [3.63, 3.8) is 0 Å². The van der Waals surface area contributed by atoms with Crippen LogP contribution < -0.4 is 4.74 Å². The fraction of sp³-hybridized carbons (Fsp3) is 0.708. The number of hydrogen-bond acceptors (Lipinski definition) is 7. The Kier molecular flexibility index (Phi) is 13.8. The summed E-state index contributed by atoms with van der Waals surface area (Å²) in [6.45, 7) is 2.56. The van der Waals surface area contributed by atoms with Crippen molar-refractivity contribution in [2.45, 2.75) is 102 Å². The van der Waals surface area contributed by atoms with E-state index in [1.54, 1.807) is 6.92 Å². The van der Waals surface area contributed by atoms with E-state index < -0.39 is 114 Å². The van der Waals surface area contributed by atoms with Crippen LogP contribution in [0.5, 0.6) is 5.75 Å². The Morgan fingerprint density at radius 1 is 0.976 bits per heavy atom. The summed E-state index contributed by atoms with van der Waals surface area (Å²) < 4.78 is 132. The number of benzene rings is 1. The molecule has 240 valence electrons. The van der Waals surface area contributed by atoms with Crippen molar-refractivity contribution >= 4 is 17.5 Å². The lowest BCUT2D eigenvalue weighted by molar-refractivity contribution is -0.396. The maximum Gasteiger partial charge on any atom is 0.518 e. The Hall–Kier alpha value is -3.34. The molecular formula is C24H29F9N2O7. The summed E-state index contributed by atoms with van der Waals surface area (Å²) in [6.07, 6.45) is -25.5. The Labute approximate surface area is 233 Å². The number of hydrogen-bond donors (Lipinski definition) is 0. The first-order valence-corrected chi connectivity index (χ1v) is 12.6. The normalized spacial score (nSPS) is 15.1. The zero-order valence-corrected chi connectivity index (χ0v) is 22.4. The minimum Gasteiger partial charge on any atom is -0.387 e. The van der Waals surface area contributed by atoms with Crippen molar-refractivity contribution in [1.82, 2.24) is 0 Å². The third-order valence-electron chi connectivity index (χ3n) is 5.98. The first kappa shape index (κ1) is 36.7. The average Bonchev–Trinajstić information content (AvgIpc) is 2.84. The quantitative estimate of drug-likeness (QED) is 0.0526. The van der Waals surface area contributed by atoms with E-state index in [1.165, 1.54) is 0 Å². The lowest BCUT2D eigenvalue weighted by Gasteiger charge is -2.27. The molecule has 0 N–H and O–H groups in total. The van der Waals surface area contributed by atoms with Gasteiger partial charge in [-0.15, -0.1) is 0 Å². The average molecular weight is 628 g/mol. The molecule has 0 amide bonds. The van der Waals surface area contributed by atoms with E-state index >= 15 is 0 Å². The van der Waals surface area contributed by atoms with Crippen LogP contribution in [0.25, 0.3) is 0 Å². The van der Waals surface area contributed by atoms with Crippen molar-refractivity contribution in [3.8, 4) is 5.75 Å². The minimum atomic E-state index is -4.72. The fourth-order valence-corrected chi connectivity index (χ4v) is 4.06. The topological polar surface area (TPSA) is 122 Å². The lowest BCUT2D eigenvalue weighted by Crippen LogP contribution is -2.34. The van der Waals surface area contributed by atoms with Crippen molar-refractivity contribution in [2.24, 2.45) is 5.92 Å². The van der Waals surface area contributed by atoms with Crippen LogP contribution in [0.4, 0.5) is 55.7 Å². The van der Waals surface area contributed by atoms with Gasteiger partial charge in [0.25, 0.3) is 12.1 Å². The van der Waals surface area contributed by atoms with Crippen molar-refractivity contribution in [1.29, 1.82) is 0 Å². The molecule has 0 aliphatic rings. The van der Waals surface area contributed by atoms with E-state index in [9.17, 15) is 64.5 Å². The van der Waals surface area contributed by atoms with Crippen molar-refractivity contribution < 1.29 is 63.6 Å². The van der Waals surface area contributed by atoms with E-state index in [-0.39, 0.29) is 12.8 Å². The highest BCUT2D eigenvalue weighted by molar-refractivity contribution is 5.70. The van der Waals surface area contributed by atoms with E-state index in [0.717, 1.165) is 13.0 Å². The molecule has 0 heterocycles. The minimum absolute atomic E-state index is 0.219. The van der Waals surface area contributed by atoms with E-state index in [4.69, 9.17) is 0 Å². The zero-order valence-electron chi connectivity index (χ0n) is 22.4. The van der Waals surface area contributed by atoms with Gasteiger partial charge in [0.15, 0.2) is 6.17 Å². The molecule has 1 rings (SSSR count). The van der Waals surface area contributed by atoms with Gasteiger partial charge in [-0.05, 0) is 32.3 Å². The number of halogens is 9. The van der Waals surface area contributed by atoms with Gasteiger partial charge in [-0.2, -0.15) is 8.78 Å². The monoisotopic (exact) mass is 628 g/mol. The van der Waals surface area contributed by atoms with Gasteiger partial charge < -0.3 is 9.47 Å². The van der Waals surface area contributed by atoms with Crippen LogP contribution in [-0.4, -0.2) is 53.0 Å².